The zero-order valence-corrected chi connectivity index (χ0v) is 20.2. The van der Waals surface area contributed by atoms with Gasteiger partial charge in [-0.15, -0.1) is 0 Å². The smallest absolute Gasteiger partial charge is 0.290 e. The molecule has 2 aromatic carbocycles. The molecule has 0 radical (unpaired) electrons. The summed E-state index contributed by atoms with van der Waals surface area (Å²) in [7, 11) is 0. The van der Waals surface area contributed by atoms with Gasteiger partial charge in [-0.25, -0.2) is 14.4 Å². The fourth-order valence-corrected chi connectivity index (χ4v) is 4.93. The highest BCUT2D eigenvalue weighted by Gasteiger charge is 2.25. The van der Waals surface area contributed by atoms with E-state index in [4.69, 9.17) is 4.99 Å². The van der Waals surface area contributed by atoms with Crippen LogP contribution in [0, 0.1) is 5.82 Å². The summed E-state index contributed by atoms with van der Waals surface area (Å²) >= 11 is 0.867. The summed E-state index contributed by atoms with van der Waals surface area (Å²) in [4.78, 5) is 37.0. The SMILES string of the molecule is O=C1NC(=O)/C(=C/c2ccnc(N[C@H]3CC[C@H](/N=C/c4cccc(-c5ccc(F)cc5)c4)CC3)n2)S1. The summed E-state index contributed by atoms with van der Waals surface area (Å²) < 4.78 is 13.2. The quantitative estimate of drug-likeness (QED) is 0.345. The molecule has 2 amide bonds. The van der Waals surface area contributed by atoms with Gasteiger partial charge in [0.25, 0.3) is 11.1 Å². The van der Waals surface area contributed by atoms with Crippen molar-refractivity contribution < 1.29 is 14.0 Å². The fraction of sp³-hybridized carbons (Fsp3) is 0.222. The Hall–Kier alpha value is -3.85. The predicted octanol–water partition coefficient (Wildman–Crippen LogP) is 5.45. The molecule has 1 aliphatic heterocycles. The number of halogens is 1. The third-order valence-electron chi connectivity index (χ3n) is 6.13. The van der Waals surface area contributed by atoms with Gasteiger partial charge in [0.2, 0.25) is 5.95 Å². The van der Waals surface area contributed by atoms with Gasteiger partial charge in [-0.1, -0.05) is 30.3 Å². The van der Waals surface area contributed by atoms with Gasteiger partial charge < -0.3 is 5.32 Å². The maximum absolute atomic E-state index is 13.2. The Morgan fingerprint density at radius 2 is 1.83 bits per heavy atom. The number of thioether (sulfide) groups is 1. The molecular formula is C27H24FN5O2S. The number of hydrogen-bond donors (Lipinski definition) is 2. The van der Waals surface area contributed by atoms with Gasteiger partial charge >= 0.3 is 0 Å². The number of imide groups is 1. The summed E-state index contributed by atoms with van der Waals surface area (Å²) in [6, 6.07) is 16.8. The second-order valence-corrected chi connectivity index (χ2v) is 9.73. The number of amides is 2. The van der Waals surface area contributed by atoms with Gasteiger partial charge in [-0.3, -0.25) is 19.9 Å². The first-order valence-electron chi connectivity index (χ1n) is 11.8. The number of anilines is 1. The Bertz CT molecular complexity index is 1330. The lowest BCUT2D eigenvalue weighted by molar-refractivity contribution is -0.115. The van der Waals surface area contributed by atoms with Crippen LogP contribution in [0.15, 0.2) is 70.7 Å². The molecule has 1 aliphatic carbocycles. The number of nitrogens with zero attached hydrogens (tertiary/aromatic N) is 3. The molecule has 36 heavy (non-hydrogen) atoms. The minimum atomic E-state index is -0.404. The number of aromatic nitrogens is 2. The molecule has 0 unspecified atom stereocenters. The normalized spacial score (nSPS) is 21.2. The van der Waals surface area contributed by atoms with Crippen molar-refractivity contribution in [3.63, 3.8) is 0 Å². The molecule has 9 heteroatoms. The van der Waals surface area contributed by atoms with Gasteiger partial charge in [0.1, 0.15) is 5.82 Å². The number of carbonyl (C=O) groups excluding carboxylic acids is 2. The first-order valence-corrected chi connectivity index (χ1v) is 12.6. The van der Waals surface area contributed by atoms with Crippen molar-refractivity contribution in [3.05, 3.63) is 82.8 Å². The molecule has 2 heterocycles. The molecule has 0 atom stereocenters. The first kappa shape index (κ1) is 23.9. The van der Waals surface area contributed by atoms with Gasteiger partial charge in [-0.05, 0) is 84.5 Å². The van der Waals surface area contributed by atoms with Gasteiger partial charge in [0, 0.05) is 18.5 Å². The highest BCUT2D eigenvalue weighted by atomic mass is 32.2. The average molecular weight is 502 g/mol. The Balaban J connectivity index is 1.15. The van der Waals surface area contributed by atoms with E-state index in [0.29, 0.717) is 16.5 Å². The zero-order chi connectivity index (χ0) is 24.9. The summed E-state index contributed by atoms with van der Waals surface area (Å²) in [5.74, 6) is -0.143. The van der Waals surface area contributed by atoms with E-state index in [2.05, 4.69) is 26.7 Å². The van der Waals surface area contributed by atoms with Crippen molar-refractivity contribution in [1.82, 2.24) is 15.3 Å². The molecule has 5 rings (SSSR count). The lowest BCUT2D eigenvalue weighted by Crippen LogP contribution is -2.28. The van der Waals surface area contributed by atoms with Crippen molar-refractivity contribution in [2.45, 2.75) is 37.8 Å². The number of carbonyl (C=O) groups is 2. The van der Waals surface area contributed by atoms with E-state index < -0.39 is 5.91 Å². The first-order chi connectivity index (χ1) is 17.5. The topological polar surface area (TPSA) is 96.3 Å². The minimum absolute atomic E-state index is 0.242. The van der Waals surface area contributed by atoms with E-state index in [0.717, 1.165) is 54.1 Å². The van der Waals surface area contributed by atoms with Gasteiger partial charge in [-0.2, -0.15) is 0 Å². The highest BCUT2D eigenvalue weighted by molar-refractivity contribution is 8.18. The molecule has 1 saturated carbocycles. The molecule has 7 nitrogen and oxygen atoms in total. The van der Waals surface area contributed by atoms with Crippen molar-refractivity contribution in [1.29, 1.82) is 0 Å². The maximum Gasteiger partial charge on any atom is 0.290 e. The van der Waals surface area contributed by atoms with Crippen LogP contribution >= 0.6 is 11.8 Å². The molecule has 182 valence electrons. The molecule has 1 saturated heterocycles. The van der Waals surface area contributed by atoms with Crippen LogP contribution in [0.2, 0.25) is 0 Å². The van der Waals surface area contributed by atoms with E-state index in [1.807, 2.05) is 24.4 Å². The van der Waals surface area contributed by atoms with Crippen LogP contribution in [-0.2, 0) is 4.79 Å². The number of benzene rings is 2. The maximum atomic E-state index is 13.2. The molecule has 2 N–H and O–H groups in total. The van der Waals surface area contributed by atoms with E-state index in [9.17, 15) is 14.0 Å². The van der Waals surface area contributed by atoms with Crippen LogP contribution in [0.25, 0.3) is 17.2 Å². The number of aliphatic imine (C=N–C) groups is 1. The zero-order valence-electron chi connectivity index (χ0n) is 19.4. The van der Waals surface area contributed by atoms with Crippen LogP contribution in [0.5, 0.6) is 0 Å². The second kappa shape index (κ2) is 10.8. The lowest BCUT2D eigenvalue weighted by Gasteiger charge is -2.27. The van der Waals surface area contributed by atoms with Crippen LogP contribution in [0.1, 0.15) is 36.9 Å². The van der Waals surface area contributed by atoms with Gasteiger partial charge in [0.15, 0.2) is 0 Å². The van der Waals surface area contributed by atoms with E-state index in [1.54, 1.807) is 30.5 Å². The molecular weight excluding hydrogens is 477 g/mol. The third-order valence-corrected chi connectivity index (χ3v) is 6.94. The van der Waals surface area contributed by atoms with E-state index in [1.165, 1.54) is 12.1 Å². The van der Waals surface area contributed by atoms with Crippen LogP contribution in [0.3, 0.4) is 0 Å². The van der Waals surface area contributed by atoms with Crippen LogP contribution in [-0.4, -0.2) is 39.4 Å². The third kappa shape index (κ3) is 6.04. The summed E-state index contributed by atoms with van der Waals surface area (Å²) in [5, 5.41) is 5.25. The molecule has 0 bridgehead atoms. The summed E-state index contributed by atoms with van der Waals surface area (Å²) in [6.07, 6.45) is 8.94. The van der Waals surface area contributed by atoms with Crippen molar-refractivity contribution in [3.8, 4) is 11.1 Å². The van der Waals surface area contributed by atoms with Crippen molar-refractivity contribution >= 4 is 41.1 Å². The molecule has 2 fully saturated rings. The van der Waals surface area contributed by atoms with Crippen molar-refractivity contribution in [2.24, 2.45) is 4.99 Å². The molecule has 2 aliphatic rings. The predicted molar refractivity (Wildman–Crippen MR) is 140 cm³/mol. The van der Waals surface area contributed by atoms with Crippen molar-refractivity contribution in [2.75, 3.05) is 5.32 Å². The highest BCUT2D eigenvalue weighted by Crippen LogP contribution is 2.26. The Labute approximate surface area is 212 Å². The van der Waals surface area contributed by atoms with Gasteiger partial charge in [0.05, 0.1) is 16.6 Å². The number of rotatable bonds is 6. The molecule has 0 spiro atoms. The average Bonchev–Trinajstić information content (AvgIpc) is 3.20. The minimum Gasteiger partial charge on any atom is -0.351 e. The fourth-order valence-electron chi connectivity index (χ4n) is 4.26. The molecule has 1 aromatic heterocycles. The number of nitrogens with one attached hydrogen (secondary N) is 2. The van der Waals surface area contributed by atoms with E-state index in [-0.39, 0.29) is 23.1 Å². The number of hydrogen-bond acceptors (Lipinski definition) is 7. The Morgan fingerprint density at radius 3 is 2.58 bits per heavy atom. The summed E-state index contributed by atoms with van der Waals surface area (Å²) in [6.45, 7) is 0. The second-order valence-electron chi connectivity index (χ2n) is 8.72. The largest absolute Gasteiger partial charge is 0.351 e. The van der Waals surface area contributed by atoms with Crippen LogP contribution < -0.4 is 10.6 Å². The standard InChI is InChI=1S/C27H24FN5O2S/c28-20-6-4-18(5-7-20)19-3-1-2-17(14-19)16-30-21-8-10-22(11-9-21)31-26-29-13-12-23(32-26)15-24-25(34)33-27(35)36-24/h1-7,12-16,21-22H,8-11H2,(H,29,31,32)(H,33,34,35)/b24-15-,30-16+/t21-,22-. The Morgan fingerprint density at radius 1 is 1.03 bits per heavy atom. The molecule has 3 aromatic rings. The summed E-state index contributed by atoms with van der Waals surface area (Å²) in [5.41, 5.74) is 3.59. The Kier molecular flexibility index (Phi) is 7.18. The monoisotopic (exact) mass is 501 g/mol. The van der Waals surface area contributed by atoms with E-state index >= 15 is 0 Å². The lowest BCUT2D eigenvalue weighted by atomic mass is 9.91. The van der Waals surface area contributed by atoms with Crippen LogP contribution in [0.4, 0.5) is 15.1 Å².